The van der Waals surface area contributed by atoms with E-state index >= 15 is 0 Å². The number of hydrogen-bond donors (Lipinski definition) is 3. The summed E-state index contributed by atoms with van der Waals surface area (Å²) in [4.78, 5) is 46.8. The van der Waals surface area contributed by atoms with Gasteiger partial charge in [0.05, 0.1) is 17.5 Å². The van der Waals surface area contributed by atoms with Crippen molar-refractivity contribution in [1.29, 1.82) is 0 Å². The van der Waals surface area contributed by atoms with Crippen LogP contribution in [0.15, 0.2) is 48.7 Å². The molecular formula is C37H41F2N5O3. The third-order valence-electron chi connectivity index (χ3n) is 10.7. The van der Waals surface area contributed by atoms with Crippen molar-refractivity contribution in [2.75, 3.05) is 23.7 Å². The van der Waals surface area contributed by atoms with E-state index in [9.17, 15) is 23.2 Å². The zero-order valence-corrected chi connectivity index (χ0v) is 26.7. The van der Waals surface area contributed by atoms with Gasteiger partial charge in [-0.3, -0.25) is 14.4 Å². The molecule has 3 N–H and O–H groups in total. The molecule has 1 aromatic heterocycles. The second-order valence-electron chi connectivity index (χ2n) is 13.7. The molecule has 10 heteroatoms. The molecule has 8 nitrogen and oxygen atoms in total. The molecule has 47 heavy (non-hydrogen) atoms. The lowest BCUT2D eigenvalue weighted by Gasteiger charge is -2.40. The number of aromatic nitrogens is 1. The van der Waals surface area contributed by atoms with Gasteiger partial charge in [-0.25, -0.2) is 13.8 Å². The van der Waals surface area contributed by atoms with E-state index in [1.807, 2.05) is 24.3 Å². The highest BCUT2D eigenvalue weighted by molar-refractivity contribution is 6.08. The van der Waals surface area contributed by atoms with Gasteiger partial charge in [-0.2, -0.15) is 0 Å². The van der Waals surface area contributed by atoms with Crippen molar-refractivity contribution in [1.82, 2.24) is 15.2 Å². The van der Waals surface area contributed by atoms with E-state index in [0.717, 1.165) is 66.1 Å². The molecule has 3 aromatic rings. The second kappa shape index (κ2) is 12.8. The van der Waals surface area contributed by atoms with Gasteiger partial charge in [0.2, 0.25) is 17.7 Å². The van der Waals surface area contributed by atoms with Gasteiger partial charge >= 0.3 is 0 Å². The van der Waals surface area contributed by atoms with Crippen molar-refractivity contribution in [3.63, 3.8) is 0 Å². The van der Waals surface area contributed by atoms with Crippen molar-refractivity contribution in [2.45, 2.75) is 88.6 Å². The van der Waals surface area contributed by atoms with Crippen LogP contribution in [0.4, 0.5) is 20.3 Å². The summed E-state index contributed by atoms with van der Waals surface area (Å²) in [5.74, 6) is -1.44. The molecule has 3 heterocycles. The summed E-state index contributed by atoms with van der Waals surface area (Å²) in [6.07, 6.45) is 11.1. The average Bonchev–Trinajstić information content (AvgIpc) is 3.42. The van der Waals surface area contributed by atoms with Crippen LogP contribution in [0.2, 0.25) is 0 Å². The van der Waals surface area contributed by atoms with Gasteiger partial charge in [0.25, 0.3) is 0 Å². The molecule has 2 aliphatic heterocycles. The lowest BCUT2D eigenvalue weighted by atomic mass is 9.78. The number of piperazine rings is 1. The van der Waals surface area contributed by atoms with Crippen LogP contribution in [-0.2, 0) is 39.1 Å². The number of rotatable bonds is 7. The van der Waals surface area contributed by atoms with Gasteiger partial charge in [-0.1, -0.05) is 63.6 Å². The summed E-state index contributed by atoms with van der Waals surface area (Å²) in [6.45, 7) is 2.06. The zero-order chi connectivity index (χ0) is 32.7. The number of pyridine rings is 1. The van der Waals surface area contributed by atoms with E-state index in [1.54, 1.807) is 6.20 Å². The topological polar surface area (TPSA) is 103 Å². The molecule has 2 fully saturated rings. The van der Waals surface area contributed by atoms with E-state index in [1.165, 1.54) is 29.9 Å². The number of para-hydroxylation sites is 1. The standard InChI is InChI=1S/C37H41F2N5O3/c1-2-23-10-7-11-29-34(23)43-36(47)37(29)17-25-15-32(41-19-26(25)18-37)42-33(45)21-44-31(24-13-27(38)16-28(39)14-24)20-40-30(35(44)46)12-22-8-5-3-4-6-9-22/h7,10-11,13-16,19,22,30-31,40H,2-6,8-9,12,17-18,20-21H2,1H3,(H,43,47)(H,41,42,45). The SMILES string of the molecule is CCc1cccc2c1NC(=O)C21Cc2cnc(NC(=O)CN3C(=O)C(CC4CCCCCC4)NCC3c3cc(F)cc(F)c3)cc2C1. The quantitative estimate of drug-likeness (QED) is 0.285. The van der Waals surface area contributed by atoms with Crippen molar-refractivity contribution < 1.29 is 23.2 Å². The highest BCUT2D eigenvalue weighted by atomic mass is 19.1. The monoisotopic (exact) mass is 641 g/mol. The first-order valence-electron chi connectivity index (χ1n) is 17.0. The fourth-order valence-corrected chi connectivity index (χ4v) is 8.29. The number of nitrogens with one attached hydrogen (secondary N) is 3. The number of fused-ring (bicyclic) bond motifs is 3. The smallest absolute Gasteiger partial charge is 0.245 e. The molecule has 3 unspecified atom stereocenters. The van der Waals surface area contributed by atoms with Crippen LogP contribution in [0.25, 0.3) is 0 Å². The Morgan fingerprint density at radius 1 is 1.02 bits per heavy atom. The van der Waals surface area contributed by atoms with E-state index in [2.05, 4.69) is 27.9 Å². The molecule has 3 amide bonds. The molecule has 4 aliphatic rings. The van der Waals surface area contributed by atoms with Gasteiger partial charge in [0.1, 0.15) is 24.0 Å². The highest BCUT2D eigenvalue weighted by Gasteiger charge is 2.51. The number of carbonyl (C=O) groups is 3. The molecule has 2 aliphatic carbocycles. The Labute approximate surface area is 273 Å². The first-order chi connectivity index (χ1) is 22.7. The Balaban J connectivity index is 1.09. The summed E-state index contributed by atoms with van der Waals surface area (Å²) in [6, 6.07) is 9.91. The fourth-order valence-electron chi connectivity index (χ4n) is 8.29. The Kier molecular flexibility index (Phi) is 8.55. The van der Waals surface area contributed by atoms with Crippen LogP contribution in [0, 0.1) is 17.6 Å². The maximum atomic E-state index is 14.3. The summed E-state index contributed by atoms with van der Waals surface area (Å²) in [5.41, 5.74) is 4.49. The second-order valence-corrected chi connectivity index (χ2v) is 13.7. The lowest BCUT2D eigenvalue weighted by Crippen LogP contribution is -2.58. The zero-order valence-electron chi connectivity index (χ0n) is 26.7. The molecule has 2 aromatic carbocycles. The third-order valence-corrected chi connectivity index (χ3v) is 10.7. The Bertz CT molecular complexity index is 1700. The minimum absolute atomic E-state index is 0.0226. The number of anilines is 2. The molecule has 0 bridgehead atoms. The fraction of sp³-hybridized carbons (Fsp3) is 0.459. The number of benzene rings is 2. The summed E-state index contributed by atoms with van der Waals surface area (Å²) < 4.78 is 28.5. The van der Waals surface area contributed by atoms with Crippen LogP contribution in [0.1, 0.15) is 85.7 Å². The van der Waals surface area contributed by atoms with Crippen LogP contribution < -0.4 is 16.0 Å². The molecule has 3 atom stereocenters. The Morgan fingerprint density at radius 3 is 2.51 bits per heavy atom. The number of halogens is 2. The maximum Gasteiger partial charge on any atom is 0.245 e. The molecule has 0 radical (unpaired) electrons. The summed E-state index contributed by atoms with van der Waals surface area (Å²) in [5, 5.41) is 9.31. The molecule has 1 saturated carbocycles. The molecule has 1 spiro atoms. The van der Waals surface area contributed by atoms with Crippen molar-refractivity contribution in [3.05, 3.63) is 88.1 Å². The minimum atomic E-state index is -0.734. The number of carbonyl (C=O) groups excluding carboxylic acids is 3. The van der Waals surface area contributed by atoms with Gasteiger partial charge in [-0.05, 0) is 77.6 Å². The third kappa shape index (κ3) is 6.04. The minimum Gasteiger partial charge on any atom is -0.325 e. The van der Waals surface area contributed by atoms with E-state index in [0.29, 0.717) is 36.6 Å². The number of aryl methyl sites for hydroxylation is 1. The van der Waals surface area contributed by atoms with E-state index in [-0.39, 0.29) is 24.9 Å². The first kappa shape index (κ1) is 31.4. The molecule has 246 valence electrons. The van der Waals surface area contributed by atoms with Crippen molar-refractivity contribution >= 4 is 29.2 Å². The lowest BCUT2D eigenvalue weighted by molar-refractivity contribution is -0.142. The average molecular weight is 642 g/mol. The molecular weight excluding hydrogens is 600 g/mol. The normalized spacial score (nSPS) is 24.2. The predicted molar refractivity (Wildman–Crippen MR) is 175 cm³/mol. The van der Waals surface area contributed by atoms with E-state index in [4.69, 9.17) is 0 Å². The predicted octanol–water partition coefficient (Wildman–Crippen LogP) is 5.75. The van der Waals surface area contributed by atoms with Crippen LogP contribution >= 0.6 is 0 Å². The number of nitrogens with zero attached hydrogens (tertiary/aromatic N) is 2. The number of amides is 3. The van der Waals surface area contributed by atoms with Crippen LogP contribution in [0.5, 0.6) is 0 Å². The molecule has 1 saturated heterocycles. The van der Waals surface area contributed by atoms with Gasteiger partial charge in [0.15, 0.2) is 0 Å². The molecule has 7 rings (SSSR count). The van der Waals surface area contributed by atoms with Crippen LogP contribution in [-0.4, -0.2) is 46.7 Å². The van der Waals surface area contributed by atoms with Crippen molar-refractivity contribution in [2.24, 2.45) is 5.92 Å². The van der Waals surface area contributed by atoms with Crippen LogP contribution in [0.3, 0.4) is 0 Å². The summed E-state index contributed by atoms with van der Waals surface area (Å²) in [7, 11) is 0. The van der Waals surface area contributed by atoms with Gasteiger partial charge < -0.3 is 20.9 Å². The van der Waals surface area contributed by atoms with E-state index < -0.39 is 35.0 Å². The summed E-state index contributed by atoms with van der Waals surface area (Å²) >= 11 is 0. The number of hydrogen-bond acceptors (Lipinski definition) is 5. The van der Waals surface area contributed by atoms with Crippen molar-refractivity contribution in [3.8, 4) is 0 Å². The Hall–Kier alpha value is -4.18. The maximum absolute atomic E-state index is 14.3. The highest BCUT2D eigenvalue weighted by Crippen LogP contribution is 2.48. The Morgan fingerprint density at radius 2 is 1.77 bits per heavy atom. The van der Waals surface area contributed by atoms with Gasteiger partial charge in [0, 0.05) is 24.5 Å². The largest absolute Gasteiger partial charge is 0.325 e. The first-order valence-corrected chi connectivity index (χ1v) is 17.0. The van der Waals surface area contributed by atoms with Gasteiger partial charge in [-0.15, -0.1) is 0 Å².